The molecule has 1 aromatic carbocycles. The van der Waals surface area contributed by atoms with Crippen molar-refractivity contribution in [2.24, 2.45) is 14.1 Å². The van der Waals surface area contributed by atoms with Crippen molar-refractivity contribution in [3.8, 4) is 0 Å². The van der Waals surface area contributed by atoms with Crippen LogP contribution in [0.5, 0.6) is 0 Å². The van der Waals surface area contributed by atoms with Crippen LogP contribution in [0.25, 0.3) is 11.0 Å². The minimum absolute atomic E-state index is 0.109. The Balaban J connectivity index is 2.21. The monoisotopic (exact) mass is 367 g/mol. The lowest BCUT2D eigenvalue weighted by Gasteiger charge is -2.21. The van der Waals surface area contributed by atoms with E-state index in [0.717, 1.165) is 13.4 Å². The number of aliphatic carboxylic acids is 1. The van der Waals surface area contributed by atoms with Crippen molar-refractivity contribution in [3.63, 3.8) is 0 Å². The van der Waals surface area contributed by atoms with Gasteiger partial charge in [0, 0.05) is 20.6 Å². The normalized spacial score (nSPS) is 18.7. The summed E-state index contributed by atoms with van der Waals surface area (Å²) in [5, 5.41) is 9.22. The number of rotatable bonds is 3. The molecular formula is C15H17N3O6S. The van der Waals surface area contributed by atoms with Gasteiger partial charge in [0.1, 0.15) is 6.04 Å². The van der Waals surface area contributed by atoms with Gasteiger partial charge in [-0.25, -0.2) is 8.42 Å². The molecular weight excluding hydrogens is 350 g/mol. The molecule has 1 saturated heterocycles. The molecule has 1 fully saturated rings. The Morgan fingerprint density at radius 1 is 1.12 bits per heavy atom. The Labute approximate surface area is 142 Å². The second-order valence-corrected chi connectivity index (χ2v) is 7.88. The number of benzene rings is 1. The largest absolute Gasteiger partial charge is 0.480 e. The van der Waals surface area contributed by atoms with Gasteiger partial charge in [-0.05, 0) is 31.0 Å². The van der Waals surface area contributed by atoms with E-state index in [1.54, 1.807) is 0 Å². The first kappa shape index (κ1) is 17.4. The Hall–Kier alpha value is -2.46. The van der Waals surface area contributed by atoms with E-state index in [-0.39, 0.29) is 23.4 Å². The SMILES string of the molecule is Cn1c(=O)c(=O)n(C)c2cc(S(=O)(=O)N3CCC[C@H]3C(=O)O)ccc21. The molecule has 3 rings (SSSR count). The quantitative estimate of drug-likeness (QED) is 0.729. The standard InChI is InChI=1S/C15H17N3O6S/c1-16-10-6-5-9(8-12(10)17(2)14(20)13(16)19)25(23,24)18-7-3-4-11(18)15(21)22/h5-6,8,11H,3-4,7H2,1-2H3,(H,21,22)/t11-/m0/s1. The lowest BCUT2D eigenvalue weighted by Crippen LogP contribution is -2.41. The summed E-state index contributed by atoms with van der Waals surface area (Å²) in [4.78, 5) is 35.0. The average molecular weight is 367 g/mol. The third-order valence-electron chi connectivity index (χ3n) is 4.56. The van der Waals surface area contributed by atoms with E-state index in [0.29, 0.717) is 11.9 Å². The maximum absolute atomic E-state index is 12.8. The Morgan fingerprint density at radius 3 is 2.32 bits per heavy atom. The molecule has 0 bridgehead atoms. The van der Waals surface area contributed by atoms with Gasteiger partial charge in [-0.1, -0.05) is 0 Å². The Bertz CT molecular complexity index is 1100. The van der Waals surface area contributed by atoms with Crippen molar-refractivity contribution in [2.45, 2.75) is 23.8 Å². The van der Waals surface area contributed by atoms with Crippen LogP contribution in [0, 0.1) is 0 Å². The summed E-state index contributed by atoms with van der Waals surface area (Å²) in [7, 11) is -1.21. The number of nitrogens with zero attached hydrogens (tertiary/aromatic N) is 3. The molecule has 1 aromatic heterocycles. The van der Waals surface area contributed by atoms with Crippen molar-refractivity contribution in [3.05, 3.63) is 38.9 Å². The molecule has 0 spiro atoms. The van der Waals surface area contributed by atoms with Gasteiger partial charge >= 0.3 is 17.1 Å². The fourth-order valence-electron chi connectivity index (χ4n) is 3.13. The van der Waals surface area contributed by atoms with Gasteiger partial charge in [0.25, 0.3) is 0 Å². The summed E-state index contributed by atoms with van der Waals surface area (Å²) in [5.74, 6) is -1.18. The lowest BCUT2D eigenvalue weighted by atomic mass is 10.2. The second kappa shape index (κ2) is 5.81. The van der Waals surface area contributed by atoms with E-state index in [4.69, 9.17) is 0 Å². The van der Waals surface area contributed by atoms with E-state index in [2.05, 4.69) is 0 Å². The van der Waals surface area contributed by atoms with Gasteiger partial charge in [0.15, 0.2) is 0 Å². The van der Waals surface area contributed by atoms with Crippen LogP contribution in [0.15, 0.2) is 32.7 Å². The van der Waals surface area contributed by atoms with Crippen molar-refractivity contribution >= 4 is 27.0 Å². The summed E-state index contributed by atoms with van der Waals surface area (Å²) >= 11 is 0. The predicted octanol–water partition coefficient (Wildman–Crippen LogP) is -0.525. The Kier molecular flexibility index (Phi) is 4.04. The van der Waals surface area contributed by atoms with E-state index in [9.17, 15) is 27.9 Å². The number of carboxylic acid groups (broad SMARTS) is 1. The first-order valence-corrected chi connectivity index (χ1v) is 9.04. The number of hydrogen-bond donors (Lipinski definition) is 1. The number of aryl methyl sites for hydroxylation is 2. The lowest BCUT2D eigenvalue weighted by molar-refractivity contribution is -0.140. The maximum Gasteiger partial charge on any atom is 0.322 e. The third-order valence-corrected chi connectivity index (χ3v) is 6.46. The highest BCUT2D eigenvalue weighted by Gasteiger charge is 2.39. The van der Waals surface area contributed by atoms with Crippen molar-refractivity contribution in [1.82, 2.24) is 13.4 Å². The zero-order valence-corrected chi connectivity index (χ0v) is 14.5. The third kappa shape index (κ3) is 2.57. The molecule has 0 radical (unpaired) electrons. The van der Waals surface area contributed by atoms with Crippen LogP contribution in [0.4, 0.5) is 0 Å². The molecule has 25 heavy (non-hydrogen) atoms. The van der Waals surface area contributed by atoms with Gasteiger partial charge in [-0.2, -0.15) is 4.31 Å². The number of fused-ring (bicyclic) bond motifs is 1. The Morgan fingerprint density at radius 2 is 1.72 bits per heavy atom. The summed E-state index contributed by atoms with van der Waals surface area (Å²) < 4.78 is 28.9. The average Bonchev–Trinajstić information content (AvgIpc) is 3.08. The highest BCUT2D eigenvalue weighted by Crippen LogP contribution is 2.27. The minimum atomic E-state index is -4.03. The molecule has 10 heteroatoms. The van der Waals surface area contributed by atoms with E-state index < -0.39 is 33.2 Å². The number of carbonyl (C=O) groups is 1. The molecule has 0 amide bonds. The summed E-state index contributed by atoms with van der Waals surface area (Å²) in [6.45, 7) is 0.129. The van der Waals surface area contributed by atoms with Crippen LogP contribution in [0.1, 0.15) is 12.8 Å². The molecule has 1 atom stereocenters. The molecule has 2 aromatic rings. The first-order chi connectivity index (χ1) is 11.7. The summed E-state index contributed by atoms with van der Waals surface area (Å²) in [6, 6.07) is 2.96. The zero-order chi connectivity index (χ0) is 18.5. The molecule has 134 valence electrons. The number of aromatic nitrogens is 2. The van der Waals surface area contributed by atoms with Crippen LogP contribution in [-0.2, 0) is 28.9 Å². The van der Waals surface area contributed by atoms with E-state index >= 15 is 0 Å². The van der Waals surface area contributed by atoms with Crippen LogP contribution in [0.2, 0.25) is 0 Å². The van der Waals surface area contributed by atoms with Gasteiger partial charge < -0.3 is 14.2 Å². The van der Waals surface area contributed by atoms with Crippen LogP contribution < -0.4 is 11.1 Å². The minimum Gasteiger partial charge on any atom is -0.480 e. The molecule has 1 aliphatic heterocycles. The molecule has 2 heterocycles. The smallest absolute Gasteiger partial charge is 0.322 e. The van der Waals surface area contributed by atoms with Gasteiger partial charge in [-0.3, -0.25) is 14.4 Å². The molecule has 9 nitrogen and oxygen atoms in total. The first-order valence-electron chi connectivity index (χ1n) is 7.60. The number of hydrogen-bond acceptors (Lipinski definition) is 5. The topological polar surface area (TPSA) is 119 Å². The van der Waals surface area contributed by atoms with Crippen molar-refractivity contribution in [2.75, 3.05) is 6.54 Å². The van der Waals surface area contributed by atoms with Crippen molar-refractivity contribution in [1.29, 1.82) is 0 Å². The highest BCUT2D eigenvalue weighted by atomic mass is 32.2. The zero-order valence-electron chi connectivity index (χ0n) is 13.7. The number of carboxylic acids is 1. The predicted molar refractivity (Wildman–Crippen MR) is 89.0 cm³/mol. The second-order valence-electron chi connectivity index (χ2n) is 5.99. The fraction of sp³-hybridized carbons (Fsp3) is 0.400. The van der Waals surface area contributed by atoms with Gasteiger partial charge in [0.05, 0.1) is 15.9 Å². The van der Waals surface area contributed by atoms with E-state index in [1.165, 1.54) is 32.3 Å². The summed E-state index contributed by atoms with van der Waals surface area (Å²) in [6.07, 6.45) is 0.728. The van der Waals surface area contributed by atoms with E-state index in [1.807, 2.05) is 0 Å². The van der Waals surface area contributed by atoms with Crippen molar-refractivity contribution < 1.29 is 18.3 Å². The highest BCUT2D eigenvalue weighted by molar-refractivity contribution is 7.89. The maximum atomic E-state index is 12.8. The molecule has 0 unspecified atom stereocenters. The molecule has 1 N–H and O–H groups in total. The summed E-state index contributed by atoms with van der Waals surface area (Å²) in [5.41, 5.74) is -0.799. The molecule has 1 aliphatic rings. The number of sulfonamides is 1. The van der Waals surface area contributed by atoms with Crippen LogP contribution >= 0.6 is 0 Å². The van der Waals surface area contributed by atoms with Crippen LogP contribution in [0.3, 0.4) is 0 Å². The van der Waals surface area contributed by atoms with Gasteiger partial charge in [-0.15, -0.1) is 0 Å². The fourth-order valence-corrected chi connectivity index (χ4v) is 4.80. The molecule has 0 aliphatic carbocycles. The molecule has 0 saturated carbocycles. The van der Waals surface area contributed by atoms with Gasteiger partial charge in [0.2, 0.25) is 10.0 Å². The van der Waals surface area contributed by atoms with Crippen LogP contribution in [-0.4, -0.2) is 45.5 Å².